The number of thioether (sulfide) groups is 1. The van der Waals surface area contributed by atoms with Crippen molar-refractivity contribution in [2.75, 3.05) is 17.3 Å². The highest BCUT2D eigenvalue weighted by Crippen LogP contribution is 2.28. The minimum Gasteiger partial charge on any atom is -0.352 e. The van der Waals surface area contributed by atoms with Gasteiger partial charge in [-0.15, -0.1) is 10.2 Å². The van der Waals surface area contributed by atoms with Gasteiger partial charge in [-0.05, 0) is 32.4 Å². The van der Waals surface area contributed by atoms with Crippen molar-refractivity contribution >= 4 is 27.5 Å². The summed E-state index contributed by atoms with van der Waals surface area (Å²) in [5.74, 6) is 0.776. The molecule has 0 bridgehead atoms. The van der Waals surface area contributed by atoms with Crippen LogP contribution in [0.5, 0.6) is 0 Å². The Kier molecular flexibility index (Phi) is 6.15. The highest BCUT2D eigenvalue weighted by Gasteiger charge is 2.29. The van der Waals surface area contributed by atoms with Gasteiger partial charge in [-0.1, -0.05) is 59.3 Å². The summed E-state index contributed by atoms with van der Waals surface area (Å²) in [7, 11) is -3.03. The Balaban J connectivity index is 1.56. The summed E-state index contributed by atoms with van der Waals surface area (Å²) in [6.45, 7) is 4.06. The van der Waals surface area contributed by atoms with Gasteiger partial charge in [-0.25, -0.2) is 8.42 Å². The number of aromatic nitrogens is 3. The maximum atomic E-state index is 12.4. The SMILES string of the molecule is Cc1ccc(-c2nnc(SCC(=O)NC3CCS(=O)(=O)C3)n2-c2ccc(C)cc2)cc1. The maximum absolute atomic E-state index is 12.4. The van der Waals surface area contributed by atoms with E-state index in [1.165, 1.54) is 11.8 Å². The van der Waals surface area contributed by atoms with Crippen LogP contribution in [0.15, 0.2) is 53.7 Å². The van der Waals surface area contributed by atoms with Crippen molar-refractivity contribution in [3.8, 4) is 17.1 Å². The molecule has 1 amide bonds. The van der Waals surface area contributed by atoms with Gasteiger partial charge in [0.2, 0.25) is 5.91 Å². The average molecular weight is 457 g/mol. The predicted octanol–water partition coefficient (Wildman–Crippen LogP) is 2.95. The van der Waals surface area contributed by atoms with E-state index in [1.54, 1.807) is 0 Å². The second-order valence-corrected chi connectivity index (χ2v) is 11.0. The molecule has 0 saturated carbocycles. The smallest absolute Gasteiger partial charge is 0.230 e. The number of nitrogens with zero attached hydrogens (tertiary/aromatic N) is 3. The Morgan fingerprint density at radius 3 is 2.32 bits per heavy atom. The maximum Gasteiger partial charge on any atom is 0.230 e. The highest BCUT2D eigenvalue weighted by atomic mass is 32.2. The van der Waals surface area contributed by atoms with Gasteiger partial charge in [0, 0.05) is 17.3 Å². The first-order valence-corrected chi connectivity index (χ1v) is 12.8. The van der Waals surface area contributed by atoms with Crippen molar-refractivity contribution in [3.63, 3.8) is 0 Å². The van der Waals surface area contributed by atoms with Gasteiger partial charge < -0.3 is 5.32 Å². The number of hydrogen-bond donors (Lipinski definition) is 1. The van der Waals surface area contributed by atoms with Crippen LogP contribution in [0, 0.1) is 13.8 Å². The van der Waals surface area contributed by atoms with E-state index >= 15 is 0 Å². The minimum absolute atomic E-state index is 0.0144. The molecule has 3 aromatic rings. The van der Waals surface area contributed by atoms with Crippen molar-refractivity contribution in [3.05, 3.63) is 59.7 Å². The summed E-state index contributed by atoms with van der Waals surface area (Å²) in [5.41, 5.74) is 4.15. The van der Waals surface area contributed by atoms with Crippen molar-refractivity contribution < 1.29 is 13.2 Å². The summed E-state index contributed by atoms with van der Waals surface area (Å²) in [6, 6.07) is 15.8. The van der Waals surface area contributed by atoms with E-state index in [1.807, 2.05) is 66.9 Å². The van der Waals surface area contributed by atoms with Crippen molar-refractivity contribution in [1.82, 2.24) is 20.1 Å². The lowest BCUT2D eigenvalue weighted by molar-refractivity contribution is -0.119. The standard InChI is InChI=1S/C22H24N4O3S2/c1-15-3-7-17(8-4-15)21-24-25-22(26(21)19-9-5-16(2)6-10-19)30-13-20(27)23-18-11-12-31(28,29)14-18/h3-10,18H,11-14H2,1-2H3,(H,23,27). The zero-order chi connectivity index (χ0) is 22.0. The molecule has 1 atom stereocenters. The Hall–Kier alpha value is -2.65. The third-order valence-corrected chi connectivity index (χ3v) is 7.86. The third kappa shape index (κ3) is 5.16. The van der Waals surface area contributed by atoms with Gasteiger partial charge in [0.05, 0.1) is 17.3 Å². The Morgan fingerprint density at radius 2 is 1.71 bits per heavy atom. The zero-order valence-electron chi connectivity index (χ0n) is 17.4. The molecule has 7 nitrogen and oxygen atoms in total. The van der Waals surface area contributed by atoms with E-state index in [-0.39, 0.29) is 29.2 Å². The third-order valence-electron chi connectivity index (χ3n) is 5.17. The Morgan fingerprint density at radius 1 is 1.06 bits per heavy atom. The number of sulfone groups is 1. The first kappa shape index (κ1) is 21.6. The number of amides is 1. The molecule has 2 aromatic carbocycles. The fraction of sp³-hybridized carbons (Fsp3) is 0.318. The quantitative estimate of drug-likeness (QED) is 0.573. The summed E-state index contributed by atoms with van der Waals surface area (Å²) >= 11 is 1.28. The molecule has 4 rings (SSSR count). The van der Waals surface area contributed by atoms with Crippen LogP contribution in [0.3, 0.4) is 0 Å². The molecule has 1 saturated heterocycles. The Bertz CT molecular complexity index is 1190. The van der Waals surface area contributed by atoms with Crippen LogP contribution in [0.2, 0.25) is 0 Å². The number of hydrogen-bond acceptors (Lipinski definition) is 6. The second-order valence-electron chi connectivity index (χ2n) is 7.80. The summed E-state index contributed by atoms with van der Waals surface area (Å²) in [5, 5.41) is 12.2. The monoisotopic (exact) mass is 456 g/mol. The average Bonchev–Trinajstić information content (AvgIpc) is 3.30. The normalized spacial score (nSPS) is 17.5. The van der Waals surface area contributed by atoms with E-state index < -0.39 is 9.84 Å². The lowest BCUT2D eigenvalue weighted by Gasteiger charge is -2.12. The van der Waals surface area contributed by atoms with E-state index in [0.717, 1.165) is 22.4 Å². The van der Waals surface area contributed by atoms with Crippen LogP contribution in [-0.4, -0.2) is 52.4 Å². The molecule has 0 spiro atoms. The molecular weight excluding hydrogens is 432 g/mol. The fourth-order valence-electron chi connectivity index (χ4n) is 3.49. The van der Waals surface area contributed by atoms with Crippen LogP contribution in [0.1, 0.15) is 17.5 Å². The molecule has 2 heterocycles. The zero-order valence-corrected chi connectivity index (χ0v) is 19.0. The molecular formula is C22H24N4O3S2. The van der Waals surface area contributed by atoms with Crippen molar-refractivity contribution in [2.24, 2.45) is 0 Å². The topological polar surface area (TPSA) is 94.0 Å². The molecule has 1 unspecified atom stereocenters. The lowest BCUT2D eigenvalue weighted by atomic mass is 10.1. The van der Waals surface area contributed by atoms with Crippen LogP contribution in [0.4, 0.5) is 0 Å². The number of benzene rings is 2. The van der Waals surface area contributed by atoms with Gasteiger partial charge in [-0.2, -0.15) is 0 Å². The van der Waals surface area contributed by atoms with Crippen LogP contribution in [-0.2, 0) is 14.6 Å². The van der Waals surface area contributed by atoms with E-state index in [0.29, 0.717) is 17.4 Å². The molecule has 0 radical (unpaired) electrons. The van der Waals surface area contributed by atoms with Gasteiger partial charge in [0.1, 0.15) is 0 Å². The van der Waals surface area contributed by atoms with E-state index in [9.17, 15) is 13.2 Å². The van der Waals surface area contributed by atoms with E-state index in [2.05, 4.69) is 15.5 Å². The molecule has 31 heavy (non-hydrogen) atoms. The number of carbonyl (C=O) groups is 1. The highest BCUT2D eigenvalue weighted by molar-refractivity contribution is 7.99. The van der Waals surface area contributed by atoms with E-state index in [4.69, 9.17) is 0 Å². The molecule has 1 fully saturated rings. The molecule has 1 aromatic heterocycles. The number of rotatable bonds is 6. The van der Waals surface area contributed by atoms with Gasteiger partial charge in [-0.3, -0.25) is 9.36 Å². The van der Waals surface area contributed by atoms with Gasteiger partial charge in [0.15, 0.2) is 20.8 Å². The fourth-order valence-corrected chi connectivity index (χ4v) is 5.92. The van der Waals surface area contributed by atoms with Crippen LogP contribution >= 0.6 is 11.8 Å². The van der Waals surface area contributed by atoms with Gasteiger partial charge in [0.25, 0.3) is 0 Å². The van der Waals surface area contributed by atoms with Gasteiger partial charge >= 0.3 is 0 Å². The number of carbonyl (C=O) groups excluding carboxylic acids is 1. The lowest BCUT2D eigenvalue weighted by Crippen LogP contribution is -2.36. The first-order valence-electron chi connectivity index (χ1n) is 10.0. The molecule has 0 aliphatic carbocycles. The Labute approximate surface area is 186 Å². The first-order chi connectivity index (χ1) is 14.8. The summed E-state index contributed by atoms with van der Waals surface area (Å²) in [6.07, 6.45) is 0.468. The summed E-state index contributed by atoms with van der Waals surface area (Å²) < 4.78 is 25.2. The largest absolute Gasteiger partial charge is 0.352 e. The predicted molar refractivity (Wildman–Crippen MR) is 122 cm³/mol. The molecule has 162 valence electrons. The summed E-state index contributed by atoms with van der Waals surface area (Å²) in [4.78, 5) is 12.4. The molecule has 1 N–H and O–H groups in total. The van der Waals surface area contributed by atoms with Crippen molar-refractivity contribution in [2.45, 2.75) is 31.5 Å². The van der Waals surface area contributed by atoms with Crippen LogP contribution < -0.4 is 5.32 Å². The number of nitrogens with one attached hydrogen (secondary N) is 1. The van der Waals surface area contributed by atoms with Crippen LogP contribution in [0.25, 0.3) is 17.1 Å². The molecule has 1 aliphatic rings. The van der Waals surface area contributed by atoms with Crippen molar-refractivity contribution in [1.29, 1.82) is 0 Å². The molecule has 9 heteroatoms. The molecule has 1 aliphatic heterocycles. The number of aryl methyl sites for hydroxylation is 2. The second kappa shape index (κ2) is 8.84. The minimum atomic E-state index is -3.03.